The van der Waals surface area contributed by atoms with E-state index in [0.717, 1.165) is 32.4 Å². The van der Waals surface area contributed by atoms with Crippen LogP contribution in [-0.2, 0) is 0 Å². The van der Waals surface area contributed by atoms with Crippen LogP contribution in [0.15, 0.2) is 46.8 Å². The number of fused-ring (bicyclic) bond motifs is 1. The number of halogens is 1. The van der Waals surface area contributed by atoms with E-state index >= 15 is 0 Å². The first kappa shape index (κ1) is 16.3. The molecule has 0 aliphatic heterocycles. The summed E-state index contributed by atoms with van der Waals surface area (Å²) in [6.07, 6.45) is 1.12. The van der Waals surface area contributed by atoms with Gasteiger partial charge in [0.25, 0.3) is 5.91 Å². The van der Waals surface area contributed by atoms with Crippen molar-refractivity contribution in [2.75, 3.05) is 11.1 Å². The minimum absolute atomic E-state index is 0.208. The monoisotopic (exact) mass is 362 g/mol. The number of hydrogen-bond acceptors (Lipinski definition) is 4. The summed E-state index contributed by atoms with van der Waals surface area (Å²) < 4.78 is 2.14. The Morgan fingerprint density at radius 2 is 2.13 bits per heavy atom. The normalized spacial score (nSPS) is 10.9. The molecule has 0 saturated carbocycles. The van der Waals surface area contributed by atoms with Crippen LogP contribution in [0.2, 0.25) is 5.02 Å². The predicted octanol–water partition coefficient (Wildman–Crippen LogP) is 5.70. The second-order valence-electron chi connectivity index (χ2n) is 4.94. The first-order valence-corrected chi connectivity index (χ1v) is 9.44. The van der Waals surface area contributed by atoms with Crippen LogP contribution < -0.4 is 5.32 Å². The maximum Gasteiger partial charge on any atom is 0.257 e. The molecule has 23 heavy (non-hydrogen) atoms. The van der Waals surface area contributed by atoms with Crippen LogP contribution in [0.1, 0.15) is 23.7 Å². The highest BCUT2D eigenvalue weighted by molar-refractivity contribution is 8.01. The summed E-state index contributed by atoms with van der Waals surface area (Å²) >= 11 is 9.48. The highest BCUT2D eigenvalue weighted by Crippen LogP contribution is 2.31. The SMILES string of the molecule is CCCSc1nc2ccc(NC(=O)c3ccccc3Cl)cc2s1. The molecule has 2 aromatic carbocycles. The van der Waals surface area contributed by atoms with E-state index in [1.165, 1.54) is 0 Å². The Balaban J connectivity index is 1.80. The van der Waals surface area contributed by atoms with Crippen molar-refractivity contribution >= 4 is 56.5 Å². The molecule has 1 heterocycles. The van der Waals surface area contributed by atoms with Gasteiger partial charge in [0.15, 0.2) is 4.34 Å². The molecule has 0 aliphatic rings. The van der Waals surface area contributed by atoms with E-state index in [9.17, 15) is 4.79 Å². The fourth-order valence-electron chi connectivity index (χ4n) is 2.08. The first-order valence-electron chi connectivity index (χ1n) is 7.26. The van der Waals surface area contributed by atoms with E-state index in [-0.39, 0.29) is 5.91 Å². The number of hydrogen-bond donors (Lipinski definition) is 1. The van der Waals surface area contributed by atoms with Crippen LogP contribution in [0.5, 0.6) is 0 Å². The number of aromatic nitrogens is 1. The zero-order chi connectivity index (χ0) is 16.2. The number of benzene rings is 2. The Kier molecular flexibility index (Phi) is 5.20. The van der Waals surface area contributed by atoms with Gasteiger partial charge in [-0.2, -0.15) is 0 Å². The summed E-state index contributed by atoms with van der Waals surface area (Å²) in [5, 5.41) is 3.34. The standard InChI is InChI=1S/C17H15ClN2OS2/c1-2-9-22-17-20-14-8-7-11(10-15(14)23-17)19-16(21)12-5-3-4-6-13(12)18/h3-8,10H,2,9H2,1H3,(H,19,21). The number of rotatable bonds is 5. The molecule has 118 valence electrons. The molecular formula is C17H15ClN2OS2. The molecule has 3 aromatic rings. The number of thiazole rings is 1. The zero-order valence-electron chi connectivity index (χ0n) is 12.5. The van der Waals surface area contributed by atoms with E-state index in [2.05, 4.69) is 17.2 Å². The van der Waals surface area contributed by atoms with Crippen LogP contribution in [0.4, 0.5) is 5.69 Å². The van der Waals surface area contributed by atoms with E-state index in [1.807, 2.05) is 18.2 Å². The maximum absolute atomic E-state index is 12.3. The average molecular weight is 363 g/mol. The van der Waals surface area contributed by atoms with Gasteiger partial charge in [0.2, 0.25) is 0 Å². The fourth-order valence-corrected chi connectivity index (χ4v) is 4.33. The van der Waals surface area contributed by atoms with Crippen LogP contribution in [0.25, 0.3) is 10.2 Å². The van der Waals surface area contributed by atoms with Gasteiger partial charge in [-0.05, 0) is 36.8 Å². The molecule has 0 radical (unpaired) electrons. The van der Waals surface area contributed by atoms with Crippen molar-refractivity contribution in [3.8, 4) is 0 Å². The average Bonchev–Trinajstić information content (AvgIpc) is 2.95. The highest BCUT2D eigenvalue weighted by atomic mass is 35.5. The van der Waals surface area contributed by atoms with Crippen molar-refractivity contribution in [3.63, 3.8) is 0 Å². The Hall–Kier alpha value is -1.56. The molecular weight excluding hydrogens is 348 g/mol. The Bertz CT molecular complexity index is 847. The highest BCUT2D eigenvalue weighted by Gasteiger charge is 2.11. The molecule has 6 heteroatoms. The molecule has 0 unspecified atom stereocenters. The zero-order valence-corrected chi connectivity index (χ0v) is 14.9. The third-order valence-electron chi connectivity index (χ3n) is 3.17. The van der Waals surface area contributed by atoms with Gasteiger partial charge in [-0.1, -0.05) is 42.4 Å². The molecule has 0 saturated heterocycles. The summed E-state index contributed by atoms with van der Waals surface area (Å²) in [5.74, 6) is 0.857. The van der Waals surface area contributed by atoms with Crippen molar-refractivity contribution in [3.05, 3.63) is 53.1 Å². The van der Waals surface area contributed by atoms with Crippen molar-refractivity contribution in [2.45, 2.75) is 17.7 Å². The summed E-state index contributed by atoms with van der Waals surface area (Å²) in [6.45, 7) is 2.16. The van der Waals surface area contributed by atoms with Gasteiger partial charge in [-0.15, -0.1) is 11.3 Å². The first-order chi connectivity index (χ1) is 11.2. The quantitative estimate of drug-likeness (QED) is 0.591. The van der Waals surface area contributed by atoms with Crippen LogP contribution in [-0.4, -0.2) is 16.6 Å². The lowest BCUT2D eigenvalue weighted by molar-refractivity contribution is 0.102. The van der Waals surface area contributed by atoms with Gasteiger partial charge in [-0.25, -0.2) is 4.98 Å². The largest absolute Gasteiger partial charge is 0.322 e. The third-order valence-corrected chi connectivity index (χ3v) is 5.87. The fraction of sp³-hybridized carbons (Fsp3) is 0.176. The van der Waals surface area contributed by atoms with Crippen LogP contribution in [0, 0.1) is 0 Å². The number of anilines is 1. The lowest BCUT2D eigenvalue weighted by atomic mass is 10.2. The number of carbonyl (C=O) groups excluding carboxylic acids is 1. The number of nitrogens with one attached hydrogen (secondary N) is 1. The molecule has 0 fully saturated rings. The van der Waals surface area contributed by atoms with E-state index in [0.29, 0.717) is 10.6 Å². The van der Waals surface area contributed by atoms with Crippen molar-refractivity contribution in [1.29, 1.82) is 0 Å². The van der Waals surface area contributed by atoms with Gasteiger partial charge in [0, 0.05) is 11.4 Å². The minimum atomic E-state index is -0.208. The van der Waals surface area contributed by atoms with Gasteiger partial charge in [0.1, 0.15) is 0 Å². The third kappa shape index (κ3) is 3.86. The number of nitrogens with zero attached hydrogens (tertiary/aromatic N) is 1. The molecule has 3 rings (SSSR count). The molecule has 0 bridgehead atoms. The van der Waals surface area contributed by atoms with Crippen molar-refractivity contribution < 1.29 is 4.79 Å². The van der Waals surface area contributed by atoms with E-state index in [4.69, 9.17) is 11.6 Å². The minimum Gasteiger partial charge on any atom is -0.322 e. The smallest absolute Gasteiger partial charge is 0.257 e. The molecule has 0 spiro atoms. The summed E-state index contributed by atoms with van der Waals surface area (Å²) in [5.41, 5.74) is 2.18. The summed E-state index contributed by atoms with van der Waals surface area (Å²) in [7, 11) is 0. The van der Waals surface area contributed by atoms with E-state index < -0.39 is 0 Å². The van der Waals surface area contributed by atoms with Crippen molar-refractivity contribution in [1.82, 2.24) is 4.98 Å². The number of thioether (sulfide) groups is 1. The van der Waals surface area contributed by atoms with Gasteiger partial charge in [-0.3, -0.25) is 4.79 Å². The Morgan fingerprint density at radius 3 is 2.91 bits per heavy atom. The Labute approximate surface area is 148 Å². The van der Waals surface area contributed by atoms with Gasteiger partial charge >= 0.3 is 0 Å². The predicted molar refractivity (Wildman–Crippen MR) is 100 cm³/mol. The van der Waals surface area contributed by atoms with E-state index in [1.54, 1.807) is 47.4 Å². The number of carbonyl (C=O) groups is 1. The second kappa shape index (κ2) is 7.34. The van der Waals surface area contributed by atoms with Crippen LogP contribution >= 0.6 is 34.7 Å². The van der Waals surface area contributed by atoms with Crippen LogP contribution in [0.3, 0.4) is 0 Å². The molecule has 1 amide bonds. The maximum atomic E-state index is 12.3. The molecule has 1 aromatic heterocycles. The Morgan fingerprint density at radius 1 is 1.30 bits per heavy atom. The molecule has 3 nitrogen and oxygen atoms in total. The number of amides is 1. The summed E-state index contributed by atoms with van der Waals surface area (Å²) in [6, 6.07) is 12.8. The van der Waals surface area contributed by atoms with Gasteiger partial charge < -0.3 is 5.32 Å². The topological polar surface area (TPSA) is 42.0 Å². The molecule has 0 atom stereocenters. The molecule has 1 N–H and O–H groups in total. The summed E-state index contributed by atoms with van der Waals surface area (Å²) in [4.78, 5) is 16.9. The van der Waals surface area contributed by atoms with Gasteiger partial charge in [0.05, 0.1) is 20.8 Å². The molecule has 0 aliphatic carbocycles. The lowest BCUT2D eigenvalue weighted by Crippen LogP contribution is -2.12. The lowest BCUT2D eigenvalue weighted by Gasteiger charge is -2.06. The second-order valence-corrected chi connectivity index (χ2v) is 7.72. The van der Waals surface area contributed by atoms with Crippen molar-refractivity contribution in [2.24, 2.45) is 0 Å².